The number of anilines is 1. The Morgan fingerprint density at radius 3 is 2.35 bits per heavy atom. The van der Waals surface area contributed by atoms with Crippen LogP contribution in [0.25, 0.3) is 0 Å². The lowest BCUT2D eigenvalue weighted by molar-refractivity contribution is -0.129. The van der Waals surface area contributed by atoms with E-state index in [9.17, 15) is 9.59 Å². The van der Waals surface area contributed by atoms with Crippen molar-refractivity contribution in [2.75, 3.05) is 5.32 Å². The Labute approximate surface area is 153 Å². The molecule has 0 spiro atoms. The molecule has 1 unspecified atom stereocenters. The van der Waals surface area contributed by atoms with Gasteiger partial charge in [-0.3, -0.25) is 4.79 Å². The molecule has 1 amide bonds. The van der Waals surface area contributed by atoms with Crippen LogP contribution in [0.5, 0.6) is 5.75 Å². The third-order valence-corrected chi connectivity index (χ3v) is 4.19. The number of aryl methyl sites for hydroxylation is 1. The standard InChI is InChI=1S/C22H21NO3/c1-15-3-7-17(8-4-15)21(24)23-19-11-13-20(14-12-19)26-22(25)18-9-5-16(2)6-10-18/h3-5,7-14,16H,6H2,1-2H3,(H,23,24). The maximum Gasteiger partial charge on any atom is 0.343 e. The first-order valence-electron chi connectivity index (χ1n) is 8.60. The molecule has 2 aromatic rings. The Kier molecular flexibility index (Phi) is 5.32. The van der Waals surface area contributed by atoms with Crippen molar-refractivity contribution in [3.8, 4) is 5.75 Å². The highest BCUT2D eigenvalue weighted by Gasteiger charge is 2.13. The smallest absolute Gasteiger partial charge is 0.343 e. The van der Waals surface area contributed by atoms with Crippen LogP contribution >= 0.6 is 0 Å². The van der Waals surface area contributed by atoms with Gasteiger partial charge in [0, 0.05) is 11.3 Å². The molecule has 1 atom stereocenters. The molecule has 1 aliphatic rings. The monoisotopic (exact) mass is 347 g/mol. The van der Waals surface area contributed by atoms with E-state index in [1.807, 2.05) is 31.2 Å². The number of benzene rings is 2. The van der Waals surface area contributed by atoms with Crippen LogP contribution < -0.4 is 10.1 Å². The van der Waals surface area contributed by atoms with Crippen molar-refractivity contribution >= 4 is 17.6 Å². The van der Waals surface area contributed by atoms with Gasteiger partial charge in [-0.15, -0.1) is 0 Å². The van der Waals surface area contributed by atoms with Crippen molar-refractivity contribution in [2.45, 2.75) is 20.3 Å². The summed E-state index contributed by atoms with van der Waals surface area (Å²) in [5, 5.41) is 2.82. The molecule has 1 N–H and O–H groups in total. The highest BCUT2D eigenvalue weighted by molar-refractivity contribution is 6.04. The SMILES string of the molecule is Cc1ccc(C(=O)Nc2ccc(OC(=O)C3=CCC(C)C=C3)cc2)cc1. The number of carbonyl (C=O) groups excluding carboxylic acids is 2. The Bertz CT molecular complexity index is 861. The minimum absolute atomic E-state index is 0.179. The number of allylic oxidation sites excluding steroid dienone is 2. The minimum atomic E-state index is -0.371. The molecule has 1 aliphatic carbocycles. The predicted molar refractivity (Wildman–Crippen MR) is 102 cm³/mol. The minimum Gasteiger partial charge on any atom is -0.423 e. The summed E-state index contributed by atoms with van der Waals surface area (Å²) >= 11 is 0. The number of rotatable bonds is 4. The molecule has 0 fully saturated rings. The van der Waals surface area contributed by atoms with Gasteiger partial charge >= 0.3 is 5.97 Å². The molecule has 0 aromatic heterocycles. The molecule has 26 heavy (non-hydrogen) atoms. The molecular formula is C22H21NO3. The first-order valence-corrected chi connectivity index (χ1v) is 8.60. The molecular weight excluding hydrogens is 326 g/mol. The lowest BCUT2D eigenvalue weighted by Crippen LogP contribution is -2.13. The zero-order valence-corrected chi connectivity index (χ0v) is 14.9. The van der Waals surface area contributed by atoms with E-state index in [0.29, 0.717) is 28.5 Å². The van der Waals surface area contributed by atoms with Crippen LogP contribution in [0.4, 0.5) is 5.69 Å². The molecule has 0 saturated carbocycles. The number of esters is 1. The second-order valence-corrected chi connectivity index (χ2v) is 6.47. The number of hydrogen-bond donors (Lipinski definition) is 1. The molecule has 0 saturated heterocycles. The van der Waals surface area contributed by atoms with Gasteiger partial charge in [0.25, 0.3) is 5.91 Å². The largest absolute Gasteiger partial charge is 0.423 e. The maximum atomic E-state index is 12.2. The van der Waals surface area contributed by atoms with Crippen molar-refractivity contribution in [2.24, 2.45) is 5.92 Å². The van der Waals surface area contributed by atoms with E-state index in [-0.39, 0.29) is 11.9 Å². The Morgan fingerprint density at radius 1 is 1.04 bits per heavy atom. The number of nitrogens with one attached hydrogen (secondary N) is 1. The number of ether oxygens (including phenoxy) is 1. The van der Waals surface area contributed by atoms with Gasteiger partial charge in [0.15, 0.2) is 0 Å². The van der Waals surface area contributed by atoms with Crippen LogP contribution in [0.2, 0.25) is 0 Å². The topological polar surface area (TPSA) is 55.4 Å². The van der Waals surface area contributed by atoms with E-state index in [1.165, 1.54) is 0 Å². The molecule has 0 heterocycles. The van der Waals surface area contributed by atoms with Crippen LogP contribution in [0.15, 0.2) is 72.3 Å². The van der Waals surface area contributed by atoms with Crippen LogP contribution in [0.3, 0.4) is 0 Å². The van der Waals surface area contributed by atoms with E-state index in [0.717, 1.165) is 12.0 Å². The molecule has 3 rings (SSSR count). The van der Waals surface area contributed by atoms with Crippen LogP contribution in [0, 0.1) is 12.8 Å². The highest BCUT2D eigenvalue weighted by atomic mass is 16.5. The van der Waals surface area contributed by atoms with Gasteiger partial charge in [-0.05, 0) is 55.7 Å². The fourth-order valence-corrected chi connectivity index (χ4v) is 2.56. The van der Waals surface area contributed by atoms with Crippen molar-refractivity contribution in [1.29, 1.82) is 0 Å². The van der Waals surface area contributed by atoms with E-state index >= 15 is 0 Å². The molecule has 0 bridgehead atoms. The third-order valence-electron chi connectivity index (χ3n) is 4.19. The van der Waals surface area contributed by atoms with E-state index < -0.39 is 0 Å². The average molecular weight is 347 g/mol. The zero-order valence-electron chi connectivity index (χ0n) is 14.9. The Balaban J connectivity index is 1.60. The van der Waals surface area contributed by atoms with Crippen molar-refractivity contribution in [3.05, 3.63) is 83.5 Å². The quantitative estimate of drug-likeness (QED) is 0.646. The van der Waals surface area contributed by atoms with Crippen LogP contribution in [0.1, 0.15) is 29.3 Å². The summed E-state index contributed by atoms with van der Waals surface area (Å²) in [7, 11) is 0. The predicted octanol–water partition coefficient (Wildman–Crippen LogP) is 4.68. The van der Waals surface area contributed by atoms with Gasteiger partial charge in [-0.1, -0.05) is 42.8 Å². The lowest BCUT2D eigenvalue weighted by atomic mass is 9.99. The van der Waals surface area contributed by atoms with Gasteiger partial charge in [0.1, 0.15) is 5.75 Å². The number of carbonyl (C=O) groups is 2. The molecule has 4 nitrogen and oxygen atoms in total. The van der Waals surface area contributed by atoms with E-state index in [2.05, 4.69) is 12.2 Å². The summed E-state index contributed by atoms with van der Waals surface area (Å²) in [6.07, 6.45) is 6.53. The summed E-state index contributed by atoms with van der Waals surface area (Å²) in [6, 6.07) is 14.1. The van der Waals surface area contributed by atoms with E-state index in [4.69, 9.17) is 4.74 Å². The number of amides is 1. The van der Waals surface area contributed by atoms with Crippen LogP contribution in [-0.4, -0.2) is 11.9 Å². The average Bonchev–Trinajstić information content (AvgIpc) is 2.64. The van der Waals surface area contributed by atoms with Crippen molar-refractivity contribution in [3.63, 3.8) is 0 Å². The van der Waals surface area contributed by atoms with Gasteiger partial charge in [-0.2, -0.15) is 0 Å². The fourth-order valence-electron chi connectivity index (χ4n) is 2.56. The molecule has 0 aliphatic heterocycles. The zero-order chi connectivity index (χ0) is 18.5. The van der Waals surface area contributed by atoms with Gasteiger partial charge in [0.2, 0.25) is 0 Å². The second kappa shape index (κ2) is 7.83. The molecule has 4 heteroatoms. The van der Waals surface area contributed by atoms with Gasteiger partial charge < -0.3 is 10.1 Å². The van der Waals surface area contributed by atoms with Crippen molar-refractivity contribution in [1.82, 2.24) is 0 Å². The molecule has 132 valence electrons. The summed E-state index contributed by atoms with van der Waals surface area (Å²) < 4.78 is 5.38. The summed E-state index contributed by atoms with van der Waals surface area (Å²) in [6.45, 7) is 4.07. The second-order valence-electron chi connectivity index (χ2n) is 6.47. The summed E-state index contributed by atoms with van der Waals surface area (Å²) in [5.41, 5.74) is 2.90. The first kappa shape index (κ1) is 17.7. The van der Waals surface area contributed by atoms with Gasteiger partial charge in [0.05, 0.1) is 5.57 Å². The lowest BCUT2D eigenvalue weighted by Gasteiger charge is -2.11. The Morgan fingerprint density at radius 2 is 1.73 bits per heavy atom. The van der Waals surface area contributed by atoms with Crippen LogP contribution in [-0.2, 0) is 4.79 Å². The first-order chi connectivity index (χ1) is 12.5. The molecule has 2 aromatic carbocycles. The third kappa shape index (κ3) is 4.48. The molecule has 0 radical (unpaired) electrons. The summed E-state index contributed by atoms with van der Waals surface area (Å²) in [5.74, 6) is 0.338. The van der Waals surface area contributed by atoms with E-state index in [1.54, 1.807) is 42.5 Å². The highest BCUT2D eigenvalue weighted by Crippen LogP contribution is 2.20. The Hall–Kier alpha value is -3.14. The van der Waals surface area contributed by atoms with Crippen molar-refractivity contribution < 1.29 is 14.3 Å². The normalized spacial score (nSPS) is 15.9. The summed E-state index contributed by atoms with van der Waals surface area (Å²) in [4.78, 5) is 24.3. The fraction of sp³-hybridized carbons (Fsp3) is 0.182. The number of hydrogen-bond acceptors (Lipinski definition) is 3. The van der Waals surface area contributed by atoms with Gasteiger partial charge in [-0.25, -0.2) is 4.79 Å². The maximum absolute atomic E-state index is 12.2.